The van der Waals surface area contributed by atoms with Crippen molar-refractivity contribution in [1.29, 1.82) is 0 Å². The summed E-state index contributed by atoms with van der Waals surface area (Å²) in [5.74, 6) is 0.00310. The lowest BCUT2D eigenvalue weighted by Crippen LogP contribution is -2.02. The SMILES string of the molecule is O=C(c1ccccc1)c1ccc2c(c1)/C(=C1\c3ccccc3-c3ccc(C(=O)c4ccccc4)cc31)c1ccccc1-2. The van der Waals surface area contributed by atoms with Crippen LogP contribution in [0.15, 0.2) is 146 Å². The minimum Gasteiger partial charge on any atom is -0.289 e. The molecule has 2 heteroatoms. The Hall–Kier alpha value is -5.60. The van der Waals surface area contributed by atoms with Crippen LogP contribution >= 0.6 is 0 Å². The zero-order valence-corrected chi connectivity index (χ0v) is 22.7. The first-order valence-electron chi connectivity index (χ1n) is 14.1. The molecule has 0 fully saturated rings. The predicted molar refractivity (Wildman–Crippen MR) is 169 cm³/mol. The minimum absolute atomic E-state index is 0.00155. The van der Waals surface area contributed by atoms with E-state index >= 15 is 0 Å². The van der Waals surface area contributed by atoms with Crippen molar-refractivity contribution in [2.75, 3.05) is 0 Å². The highest BCUT2D eigenvalue weighted by molar-refractivity contribution is 6.21. The van der Waals surface area contributed by atoms with Gasteiger partial charge in [-0.2, -0.15) is 0 Å². The third-order valence-corrected chi connectivity index (χ3v) is 8.40. The maximum absolute atomic E-state index is 13.5. The second-order valence-corrected chi connectivity index (χ2v) is 10.8. The second kappa shape index (κ2) is 9.50. The molecule has 0 unspecified atom stereocenters. The molecular formula is C40H24O2. The van der Waals surface area contributed by atoms with Crippen molar-refractivity contribution in [3.05, 3.63) is 190 Å². The maximum atomic E-state index is 13.5. The van der Waals surface area contributed by atoms with Crippen molar-refractivity contribution in [2.45, 2.75) is 0 Å². The topological polar surface area (TPSA) is 34.1 Å². The van der Waals surface area contributed by atoms with Gasteiger partial charge < -0.3 is 0 Å². The molecular weight excluding hydrogens is 512 g/mol. The number of carbonyl (C=O) groups excluding carboxylic acids is 2. The molecule has 0 spiro atoms. The van der Waals surface area contributed by atoms with Crippen LogP contribution in [0.3, 0.4) is 0 Å². The average molecular weight is 537 g/mol. The molecule has 6 aromatic rings. The van der Waals surface area contributed by atoms with Gasteiger partial charge in [0, 0.05) is 22.3 Å². The molecule has 0 amide bonds. The fourth-order valence-corrected chi connectivity index (χ4v) is 6.47. The predicted octanol–water partition coefficient (Wildman–Crippen LogP) is 9.12. The Labute approximate surface area is 244 Å². The van der Waals surface area contributed by atoms with Crippen LogP contribution < -0.4 is 0 Å². The average Bonchev–Trinajstić information content (AvgIpc) is 3.56. The molecule has 0 N–H and O–H groups in total. The van der Waals surface area contributed by atoms with E-state index in [2.05, 4.69) is 60.7 Å². The second-order valence-electron chi connectivity index (χ2n) is 10.8. The lowest BCUT2D eigenvalue weighted by Gasteiger charge is -2.13. The van der Waals surface area contributed by atoms with Gasteiger partial charge in [-0.1, -0.05) is 133 Å². The molecule has 2 aliphatic carbocycles. The highest BCUT2D eigenvalue weighted by Crippen LogP contribution is 2.54. The lowest BCUT2D eigenvalue weighted by atomic mass is 9.89. The summed E-state index contributed by atoms with van der Waals surface area (Å²) in [4.78, 5) is 27.1. The number of hydrogen-bond donors (Lipinski definition) is 0. The van der Waals surface area contributed by atoms with Gasteiger partial charge in [-0.3, -0.25) is 9.59 Å². The molecule has 0 bridgehead atoms. The number of carbonyl (C=O) groups is 2. The first-order valence-corrected chi connectivity index (χ1v) is 14.1. The molecule has 42 heavy (non-hydrogen) atoms. The third-order valence-electron chi connectivity index (χ3n) is 8.40. The van der Waals surface area contributed by atoms with Crippen LogP contribution in [0.2, 0.25) is 0 Å². The summed E-state index contributed by atoms with van der Waals surface area (Å²) in [6, 6.07) is 47.9. The van der Waals surface area contributed by atoms with E-state index in [-0.39, 0.29) is 11.6 Å². The summed E-state index contributed by atoms with van der Waals surface area (Å²) in [5.41, 5.74) is 13.7. The molecule has 0 radical (unpaired) electrons. The fraction of sp³-hybridized carbons (Fsp3) is 0. The standard InChI is InChI=1S/C40H24O2/c41-39(25-11-3-1-4-12-25)27-19-21-31-29-15-7-9-17-33(29)37(35(31)23-27)38-34-18-10-8-16-30(34)32-22-20-28(24-36(32)38)40(42)26-13-5-2-6-14-26/h1-24H/b38-37+. The monoisotopic (exact) mass is 536 g/mol. The van der Waals surface area contributed by atoms with Crippen molar-refractivity contribution < 1.29 is 9.59 Å². The van der Waals surface area contributed by atoms with Crippen LogP contribution in [0.4, 0.5) is 0 Å². The third kappa shape index (κ3) is 3.66. The van der Waals surface area contributed by atoms with Gasteiger partial charge >= 0.3 is 0 Å². The summed E-state index contributed by atoms with van der Waals surface area (Å²) in [6.45, 7) is 0. The van der Waals surface area contributed by atoms with Gasteiger partial charge in [-0.15, -0.1) is 0 Å². The Morgan fingerprint density at radius 3 is 1.02 bits per heavy atom. The Morgan fingerprint density at radius 2 is 0.619 bits per heavy atom. The van der Waals surface area contributed by atoms with Crippen LogP contribution in [0.1, 0.15) is 54.1 Å². The van der Waals surface area contributed by atoms with E-state index in [9.17, 15) is 9.59 Å². The van der Waals surface area contributed by atoms with Crippen LogP contribution in [0, 0.1) is 0 Å². The summed E-state index contributed by atoms with van der Waals surface area (Å²) in [7, 11) is 0. The highest BCUT2D eigenvalue weighted by atomic mass is 16.1. The maximum Gasteiger partial charge on any atom is 0.193 e. The van der Waals surface area contributed by atoms with Crippen molar-refractivity contribution in [3.8, 4) is 22.3 Å². The van der Waals surface area contributed by atoms with Crippen LogP contribution in [-0.4, -0.2) is 11.6 Å². The molecule has 6 aromatic carbocycles. The largest absolute Gasteiger partial charge is 0.289 e. The molecule has 2 nitrogen and oxygen atoms in total. The molecule has 0 aromatic heterocycles. The molecule has 0 heterocycles. The van der Waals surface area contributed by atoms with Crippen molar-refractivity contribution in [3.63, 3.8) is 0 Å². The molecule has 0 aliphatic heterocycles. The van der Waals surface area contributed by atoms with E-state index in [4.69, 9.17) is 0 Å². The van der Waals surface area contributed by atoms with Gasteiger partial charge in [0.1, 0.15) is 0 Å². The van der Waals surface area contributed by atoms with E-state index in [0.717, 1.165) is 55.7 Å². The van der Waals surface area contributed by atoms with Crippen LogP contribution in [0.5, 0.6) is 0 Å². The Bertz CT molecular complexity index is 1950. The van der Waals surface area contributed by atoms with Gasteiger partial charge in [0.05, 0.1) is 0 Å². The lowest BCUT2D eigenvalue weighted by molar-refractivity contribution is 0.103. The fourth-order valence-electron chi connectivity index (χ4n) is 6.47. The smallest absolute Gasteiger partial charge is 0.193 e. The Balaban J connectivity index is 1.39. The molecule has 8 rings (SSSR count). The molecule has 0 atom stereocenters. The summed E-state index contributed by atoms with van der Waals surface area (Å²) in [6.07, 6.45) is 0. The van der Waals surface area contributed by atoms with Gasteiger partial charge in [0.15, 0.2) is 11.6 Å². The zero-order valence-electron chi connectivity index (χ0n) is 22.7. The van der Waals surface area contributed by atoms with Crippen LogP contribution in [0.25, 0.3) is 33.4 Å². The van der Waals surface area contributed by atoms with Crippen molar-refractivity contribution >= 4 is 22.7 Å². The van der Waals surface area contributed by atoms with Gasteiger partial charge in [-0.05, 0) is 67.8 Å². The van der Waals surface area contributed by atoms with E-state index < -0.39 is 0 Å². The van der Waals surface area contributed by atoms with E-state index in [0.29, 0.717) is 22.3 Å². The van der Waals surface area contributed by atoms with Crippen LogP contribution in [-0.2, 0) is 0 Å². The minimum atomic E-state index is 0.00155. The summed E-state index contributed by atoms with van der Waals surface area (Å²) in [5, 5.41) is 0. The number of fused-ring (bicyclic) bond motifs is 6. The van der Waals surface area contributed by atoms with Crippen molar-refractivity contribution in [2.24, 2.45) is 0 Å². The quantitative estimate of drug-likeness (QED) is 0.210. The number of ketones is 2. The number of rotatable bonds is 4. The summed E-state index contributed by atoms with van der Waals surface area (Å²) < 4.78 is 0. The van der Waals surface area contributed by atoms with Gasteiger partial charge in [0.2, 0.25) is 0 Å². The number of hydrogen-bond acceptors (Lipinski definition) is 2. The first-order chi connectivity index (χ1) is 20.7. The molecule has 0 saturated carbocycles. The van der Waals surface area contributed by atoms with Gasteiger partial charge in [-0.25, -0.2) is 0 Å². The molecule has 196 valence electrons. The summed E-state index contributed by atoms with van der Waals surface area (Å²) >= 11 is 0. The highest BCUT2D eigenvalue weighted by Gasteiger charge is 2.33. The normalized spacial score (nSPS) is 14.1. The zero-order chi connectivity index (χ0) is 28.2. The van der Waals surface area contributed by atoms with Crippen molar-refractivity contribution in [1.82, 2.24) is 0 Å². The number of benzene rings is 6. The molecule has 0 saturated heterocycles. The Morgan fingerprint density at radius 1 is 0.286 bits per heavy atom. The first kappa shape index (κ1) is 24.2. The Kier molecular flexibility index (Phi) is 5.48. The van der Waals surface area contributed by atoms with Gasteiger partial charge in [0.25, 0.3) is 0 Å². The van der Waals surface area contributed by atoms with E-state index in [1.165, 1.54) is 0 Å². The van der Waals surface area contributed by atoms with E-state index in [1.54, 1.807) is 0 Å². The van der Waals surface area contributed by atoms with E-state index in [1.807, 2.05) is 84.9 Å². The molecule has 2 aliphatic rings.